The molecule has 64 heavy (non-hydrogen) atoms. The molecule has 9 aromatic carbocycles. The Hall–Kier alpha value is -8.92. The first-order chi connectivity index (χ1) is 31.7. The van der Waals surface area contributed by atoms with Crippen LogP contribution in [0.5, 0.6) is 0 Å². The van der Waals surface area contributed by atoms with Crippen LogP contribution in [0.4, 0.5) is 0 Å². The van der Waals surface area contributed by atoms with E-state index in [0.29, 0.717) is 23.0 Å². The Labute approximate surface area is 369 Å². The summed E-state index contributed by atoms with van der Waals surface area (Å²) in [5.41, 5.74) is 14.0. The molecule has 0 fully saturated rings. The molecule has 0 bridgehead atoms. The molecule has 0 aliphatic heterocycles. The molecule has 3 heterocycles. The summed E-state index contributed by atoms with van der Waals surface area (Å²) in [5, 5.41) is 15.1. The van der Waals surface area contributed by atoms with Gasteiger partial charge in [-0.1, -0.05) is 140 Å². The van der Waals surface area contributed by atoms with Gasteiger partial charge in [0.15, 0.2) is 17.5 Å². The van der Waals surface area contributed by atoms with E-state index in [1.165, 1.54) is 27.4 Å². The fourth-order valence-corrected chi connectivity index (χ4v) is 9.19. The van der Waals surface area contributed by atoms with Gasteiger partial charge in [-0.25, -0.2) is 15.0 Å². The highest BCUT2D eigenvalue weighted by atomic mass is 15.0. The predicted molar refractivity (Wildman–Crippen MR) is 260 cm³/mol. The van der Waals surface area contributed by atoms with Gasteiger partial charge in [-0.2, -0.15) is 5.26 Å². The molecule has 0 aliphatic rings. The molecule has 0 atom stereocenters. The first kappa shape index (κ1) is 36.9. The normalized spacial score (nSPS) is 11.4. The van der Waals surface area contributed by atoms with E-state index in [0.717, 1.165) is 66.6 Å². The van der Waals surface area contributed by atoms with Crippen molar-refractivity contribution < 1.29 is 0 Å². The third-order valence-corrected chi connectivity index (χ3v) is 12.2. The van der Waals surface area contributed by atoms with E-state index in [2.05, 4.69) is 155 Å². The van der Waals surface area contributed by atoms with Crippen LogP contribution in [0.25, 0.3) is 111 Å². The molecule has 0 aliphatic carbocycles. The van der Waals surface area contributed by atoms with Gasteiger partial charge in [0.2, 0.25) is 0 Å². The lowest BCUT2D eigenvalue weighted by atomic mass is 9.96. The lowest BCUT2D eigenvalue weighted by molar-refractivity contribution is 1.07. The van der Waals surface area contributed by atoms with Crippen molar-refractivity contribution in [2.45, 2.75) is 0 Å². The van der Waals surface area contributed by atoms with Gasteiger partial charge in [0, 0.05) is 55.2 Å². The molecular weight excluding hydrogens is 781 g/mol. The van der Waals surface area contributed by atoms with E-state index in [1.807, 2.05) is 78.9 Å². The molecule has 0 N–H and O–H groups in total. The first-order valence-corrected chi connectivity index (χ1v) is 21.3. The summed E-state index contributed by atoms with van der Waals surface area (Å²) in [6.45, 7) is 0. The van der Waals surface area contributed by atoms with Crippen LogP contribution >= 0.6 is 0 Å². The number of benzene rings is 9. The number of para-hydroxylation sites is 3. The quantitative estimate of drug-likeness (QED) is 0.161. The van der Waals surface area contributed by atoms with Crippen LogP contribution < -0.4 is 0 Å². The molecule has 0 radical (unpaired) electrons. The largest absolute Gasteiger partial charge is 0.309 e. The standard InChI is InChI=1S/C58H36N6/c59-37-44-25-24-43(58-61-56(39-14-4-1-5-15-39)60-57(62-58)40-16-6-2-7-17-40)36-49(44)42-29-33-55-51(35-42)48-21-11-13-23-53(48)64(55)46-30-26-38(27-31-46)41-28-32-54-50(34-41)47-20-10-12-22-52(47)63(54)45-18-8-3-9-19-45/h1-36H. The van der Waals surface area contributed by atoms with E-state index in [1.54, 1.807) is 0 Å². The van der Waals surface area contributed by atoms with E-state index in [9.17, 15) is 5.26 Å². The zero-order chi connectivity index (χ0) is 42.6. The number of fused-ring (bicyclic) bond motifs is 6. The van der Waals surface area contributed by atoms with Crippen LogP contribution in [0.2, 0.25) is 0 Å². The molecule has 12 rings (SSSR count). The third kappa shape index (κ3) is 6.22. The lowest BCUT2D eigenvalue weighted by Crippen LogP contribution is -2.00. The summed E-state index contributed by atoms with van der Waals surface area (Å²) in [4.78, 5) is 14.8. The minimum Gasteiger partial charge on any atom is -0.309 e. The monoisotopic (exact) mass is 816 g/mol. The summed E-state index contributed by atoms with van der Waals surface area (Å²) < 4.78 is 4.68. The van der Waals surface area contributed by atoms with Crippen molar-refractivity contribution in [2.24, 2.45) is 0 Å². The molecule has 298 valence electrons. The van der Waals surface area contributed by atoms with Crippen molar-refractivity contribution in [2.75, 3.05) is 0 Å². The Bertz CT molecular complexity index is 3710. The molecule has 6 nitrogen and oxygen atoms in total. The highest BCUT2D eigenvalue weighted by Crippen LogP contribution is 2.39. The molecule has 0 amide bonds. The summed E-state index contributed by atoms with van der Waals surface area (Å²) in [6.07, 6.45) is 0. The summed E-state index contributed by atoms with van der Waals surface area (Å²) in [7, 11) is 0. The second kappa shape index (κ2) is 15.2. The van der Waals surface area contributed by atoms with Gasteiger partial charge < -0.3 is 9.13 Å². The van der Waals surface area contributed by atoms with Gasteiger partial charge in [0.25, 0.3) is 0 Å². The van der Waals surface area contributed by atoms with Gasteiger partial charge in [0.05, 0.1) is 33.7 Å². The van der Waals surface area contributed by atoms with Crippen LogP contribution in [0.1, 0.15) is 5.56 Å². The average molecular weight is 817 g/mol. The molecule has 12 aromatic rings. The number of rotatable bonds is 7. The van der Waals surface area contributed by atoms with E-state index < -0.39 is 0 Å². The Morgan fingerprint density at radius 3 is 1.30 bits per heavy atom. The molecular formula is C58H36N6. The molecule has 0 spiro atoms. The molecule has 0 saturated heterocycles. The molecule has 0 unspecified atom stereocenters. The summed E-state index contributed by atoms with van der Waals surface area (Å²) in [5.74, 6) is 1.72. The summed E-state index contributed by atoms with van der Waals surface area (Å²) >= 11 is 0. The Morgan fingerprint density at radius 2 is 0.734 bits per heavy atom. The third-order valence-electron chi connectivity index (χ3n) is 12.2. The van der Waals surface area contributed by atoms with Crippen molar-refractivity contribution in [3.05, 3.63) is 224 Å². The maximum atomic E-state index is 10.4. The Balaban J connectivity index is 0.937. The smallest absolute Gasteiger partial charge is 0.164 e. The van der Waals surface area contributed by atoms with Gasteiger partial charge in [-0.3, -0.25) is 0 Å². The van der Waals surface area contributed by atoms with E-state index in [-0.39, 0.29) is 0 Å². The second-order valence-corrected chi connectivity index (χ2v) is 16.0. The maximum absolute atomic E-state index is 10.4. The van der Waals surface area contributed by atoms with Gasteiger partial charge in [0.1, 0.15) is 0 Å². The fourth-order valence-electron chi connectivity index (χ4n) is 9.19. The Morgan fingerprint density at radius 1 is 0.312 bits per heavy atom. The number of hydrogen-bond donors (Lipinski definition) is 0. The number of nitriles is 1. The second-order valence-electron chi connectivity index (χ2n) is 16.0. The van der Waals surface area contributed by atoms with Crippen molar-refractivity contribution in [3.63, 3.8) is 0 Å². The van der Waals surface area contributed by atoms with E-state index >= 15 is 0 Å². The highest BCUT2D eigenvalue weighted by molar-refractivity contribution is 6.12. The zero-order valence-electron chi connectivity index (χ0n) is 34.5. The molecule has 6 heteroatoms. The molecule has 0 saturated carbocycles. The summed E-state index contributed by atoms with van der Waals surface area (Å²) in [6, 6.07) is 78.1. The van der Waals surface area contributed by atoms with Crippen molar-refractivity contribution in [3.8, 4) is 73.9 Å². The molecule has 3 aromatic heterocycles. The van der Waals surface area contributed by atoms with Gasteiger partial charge in [-0.05, 0) is 95.6 Å². The van der Waals surface area contributed by atoms with Crippen LogP contribution in [0.3, 0.4) is 0 Å². The fraction of sp³-hybridized carbons (Fsp3) is 0. The van der Waals surface area contributed by atoms with E-state index in [4.69, 9.17) is 15.0 Å². The topological polar surface area (TPSA) is 72.3 Å². The zero-order valence-corrected chi connectivity index (χ0v) is 34.5. The Kier molecular flexibility index (Phi) is 8.77. The van der Waals surface area contributed by atoms with Crippen molar-refractivity contribution in [1.82, 2.24) is 24.1 Å². The van der Waals surface area contributed by atoms with Crippen molar-refractivity contribution in [1.29, 1.82) is 5.26 Å². The van der Waals surface area contributed by atoms with Gasteiger partial charge >= 0.3 is 0 Å². The number of hydrogen-bond acceptors (Lipinski definition) is 4. The minimum absolute atomic E-state index is 0.540. The SMILES string of the molecule is N#Cc1ccc(-c2nc(-c3ccccc3)nc(-c3ccccc3)n2)cc1-c1ccc2c(c1)c1ccccc1n2-c1ccc(-c2ccc3c(c2)c2ccccc2n3-c2ccccc2)cc1. The first-order valence-electron chi connectivity index (χ1n) is 21.3. The number of nitrogens with zero attached hydrogens (tertiary/aromatic N) is 6. The van der Waals surface area contributed by atoms with Crippen LogP contribution in [0, 0.1) is 11.3 Å². The number of aromatic nitrogens is 5. The minimum atomic E-state index is 0.540. The highest BCUT2D eigenvalue weighted by Gasteiger charge is 2.18. The van der Waals surface area contributed by atoms with Crippen molar-refractivity contribution >= 4 is 43.6 Å². The van der Waals surface area contributed by atoms with Crippen LogP contribution in [-0.4, -0.2) is 24.1 Å². The maximum Gasteiger partial charge on any atom is 0.164 e. The van der Waals surface area contributed by atoms with Gasteiger partial charge in [-0.15, -0.1) is 0 Å². The average Bonchev–Trinajstić information content (AvgIpc) is 3.89. The van der Waals surface area contributed by atoms with Crippen LogP contribution in [0.15, 0.2) is 218 Å². The van der Waals surface area contributed by atoms with Crippen LogP contribution in [-0.2, 0) is 0 Å². The lowest BCUT2D eigenvalue weighted by Gasteiger charge is -2.12. The predicted octanol–water partition coefficient (Wildman–Crippen LogP) is 14.3.